The number of hydrogen-bond donors (Lipinski definition) is 1. The Morgan fingerprint density at radius 3 is 2.82 bits per heavy atom. The molecule has 1 heterocycles. The van der Waals surface area contributed by atoms with E-state index in [-0.39, 0.29) is 5.69 Å². The highest BCUT2D eigenvalue weighted by molar-refractivity contribution is 7.98. The van der Waals surface area contributed by atoms with Crippen LogP contribution in [0.15, 0.2) is 9.95 Å². The molecular weight excluding hydrogens is 164 g/mol. The van der Waals surface area contributed by atoms with E-state index in [1.807, 2.05) is 0 Å². The summed E-state index contributed by atoms with van der Waals surface area (Å²) in [4.78, 5) is 13.2. The van der Waals surface area contributed by atoms with Gasteiger partial charge < -0.3 is 0 Å². The quantitative estimate of drug-likeness (QED) is 0.585. The maximum Gasteiger partial charge on any atom is 0.288 e. The number of hydrogen-bond acceptors (Lipinski definition) is 5. The third kappa shape index (κ3) is 1.56. The molecule has 0 radical (unpaired) electrons. The molecule has 0 saturated carbocycles. The molecule has 0 aromatic carbocycles. The summed E-state index contributed by atoms with van der Waals surface area (Å²) in [7, 11) is 0. The van der Waals surface area contributed by atoms with Crippen molar-refractivity contribution in [1.82, 2.24) is 15.2 Å². The molecule has 56 valence electrons. The lowest BCUT2D eigenvalue weighted by Crippen LogP contribution is -2.14. The van der Waals surface area contributed by atoms with Gasteiger partial charge in [-0.05, 0) is 6.26 Å². The van der Waals surface area contributed by atoms with E-state index in [0.717, 1.165) is 0 Å². The summed E-state index contributed by atoms with van der Waals surface area (Å²) in [5, 5.41) is 15.7. The van der Waals surface area contributed by atoms with E-state index in [0.29, 0.717) is 5.16 Å². The van der Waals surface area contributed by atoms with Crippen LogP contribution in [0.25, 0.3) is 0 Å². The highest BCUT2D eigenvalue weighted by atomic mass is 32.2. The fourth-order valence-corrected chi connectivity index (χ4v) is 0.804. The van der Waals surface area contributed by atoms with Crippen LogP contribution in [-0.2, 0) is 0 Å². The summed E-state index contributed by atoms with van der Waals surface area (Å²) >= 11 is 1.26. The number of nitrogens with one attached hydrogen (secondary N) is 1. The van der Waals surface area contributed by atoms with Crippen molar-refractivity contribution in [3.05, 3.63) is 16.0 Å². The predicted octanol–water partition coefficient (Wildman–Crippen LogP) is -0.242. The Labute approximate surface area is 66.5 Å². The Morgan fingerprint density at radius 1 is 1.64 bits per heavy atom. The van der Waals surface area contributed by atoms with Gasteiger partial charge in [-0.3, -0.25) is 9.78 Å². The average molecular weight is 168 g/mol. The Kier molecular flexibility index (Phi) is 2.23. The molecule has 6 heteroatoms. The monoisotopic (exact) mass is 168 g/mol. The second kappa shape index (κ2) is 3.16. The largest absolute Gasteiger partial charge is 0.298 e. The first-order valence-electron chi connectivity index (χ1n) is 2.69. The van der Waals surface area contributed by atoms with E-state index in [4.69, 9.17) is 5.26 Å². The molecule has 0 aliphatic heterocycles. The van der Waals surface area contributed by atoms with Gasteiger partial charge in [0.05, 0.1) is 0 Å². The van der Waals surface area contributed by atoms with Crippen molar-refractivity contribution in [2.24, 2.45) is 0 Å². The van der Waals surface area contributed by atoms with Gasteiger partial charge in [0.15, 0.2) is 5.16 Å². The van der Waals surface area contributed by atoms with E-state index in [9.17, 15) is 4.79 Å². The van der Waals surface area contributed by atoms with Gasteiger partial charge in [0.2, 0.25) is 5.69 Å². The zero-order chi connectivity index (χ0) is 8.27. The molecule has 0 bridgehead atoms. The van der Waals surface area contributed by atoms with Crippen molar-refractivity contribution in [2.75, 3.05) is 6.26 Å². The van der Waals surface area contributed by atoms with Gasteiger partial charge in [-0.15, -0.1) is 10.2 Å². The third-order valence-corrected chi connectivity index (χ3v) is 1.55. The molecule has 0 atom stereocenters. The molecule has 0 unspecified atom stereocenters. The lowest BCUT2D eigenvalue weighted by atomic mass is 10.5. The topological polar surface area (TPSA) is 82.4 Å². The molecule has 1 aromatic rings. The summed E-state index contributed by atoms with van der Waals surface area (Å²) in [6, 6.07) is 1.62. The molecular formula is C5H4N4OS. The number of aromatic amines is 1. The average Bonchev–Trinajstić information content (AvgIpc) is 2.04. The molecule has 0 saturated heterocycles. The van der Waals surface area contributed by atoms with E-state index < -0.39 is 5.56 Å². The maximum atomic E-state index is 10.8. The minimum atomic E-state index is -0.494. The number of rotatable bonds is 1. The van der Waals surface area contributed by atoms with E-state index >= 15 is 0 Å². The van der Waals surface area contributed by atoms with Crippen molar-refractivity contribution in [3.63, 3.8) is 0 Å². The van der Waals surface area contributed by atoms with Crippen LogP contribution >= 0.6 is 11.8 Å². The number of H-pyrrole nitrogens is 1. The smallest absolute Gasteiger partial charge is 0.288 e. The van der Waals surface area contributed by atoms with Crippen LogP contribution in [0.5, 0.6) is 0 Å². The molecule has 1 N–H and O–H groups in total. The molecule has 11 heavy (non-hydrogen) atoms. The molecule has 0 aliphatic carbocycles. The normalized spacial score (nSPS) is 9.09. The Morgan fingerprint density at radius 2 is 2.36 bits per heavy atom. The standard InChI is InChI=1S/C5H4N4OS/c1-11-5-7-4(10)3(2-6)8-9-5/h1H3,(H,7,9,10). The Bertz CT molecular complexity index is 352. The Balaban J connectivity index is 3.23. The second-order valence-electron chi connectivity index (χ2n) is 1.62. The molecule has 1 rings (SSSR count). The number of aromatic nitrogens is 3. The van der Waals surface area contributed by atoms with Crippen molar-refractivity contribution in [3.8, 4) is 6.07 Å². The molecule has 5 nitrogen and oxygen atoms in total. The second-order valence-corrected chi connectivity index (χ2v) is 2.42. The molecule has 0 spiro atoms. The van der Waals surface area contributed by atoms with Crippen molar-refractivity contribution in [2.45, 2.75) is 5.16 Å². The van der Waals surface area contributed by atoms with Crippen LogP contribution in [0.4, 0.5) is 0 Å². The predicted molar refractivity (Wildman–Crippen MR) is 39.1 cm³/mol. The van der Waals surface area contributed by atoms with Gasteiger partial charge in [-0.1, -0.05) is 11.8 Å². The minimum absolute atomic E-state index is 0.206. The summed E-state index contributed by atoms with van der Waals surface area (Å²) in [5.41, 5.74) is -0.699. The first kappa shape index (κ1) is 7.75. The van der Waals surface area contributed by atoms with Crippen molar-refractivity contribution in [1.29, 1.82) is 5.26 Å². The first-order chi connectivity index (χ1) is 5.27. The number of thioether (sulfide) groups is 1. The van der Waals surface area contributed by atoms with E-state index in [1.165, 1.54) is 11.8 Å². The Hall–Kier alpha value is -1.35. The molecule has 0 amide bonds. The van der Waals surface area contributed by atoms with Gasteiger partial charge in [0.25, 0.3) is 5.56 Å². The van der Waals surface area contributed by atoms with Gasteiger partial charge in [0.1, 0.15) is 6.07 Å². The van der Waals surface area contributed by atoms with E-state index in [2.05, 4.69) is 15.2 Å². The zero-order valence-electron chi connectivity index (χ0n) is 5.66. The minimum Gasteiger partial charge on any atom is -0.298 e. The zero-order valence-corrected chi connectivity index (χ0v) is 6.47. The molecule has 0 fully saturated rings. The van der Waals surface area contributed by atoms with Crippen LogP contribution in [0.1, 0.15) is 5.69 Å². The van der Waals surface area contributed by atoms with Crippen LogP contribution in [0, 0.1) is 11.3 Å². The number of nitriles is 1. The summed E-state index contributed by atoms with van der Waals surface area (Å²) < 4.78 is 0. The molecule has 0 aliphatic rings. The highest BCUT2D eigenvalue weighted by Crippen LogP contribution is 2.01. The van der Waals surface area contributed by atoms with Crippen molar-refractivity contribution >= 4 is 11.8 Å². The van der Waals surface area contributed by atoms with Crippen LogP contribution in [-0.4, -0.2) is 21.4 Å². The SMILES string of the molecule is CSc1nnc(C#N)c(=O)[nH]1. The summed E-state index contributed by atoms with van der Waals surface area (Å²) in [6.45, 7) is 0. The lowest BCUT2D eigenvalue weighted by Gasteiger charge is -1.90. The van der Waals surface area contributed by atoms with Gasteiger partial charge in [-0.25, -0.2) is 0 Å². The van der Waals surface area contributed by atoms with Crippen LogP contribution < -0.4 is 5.56 Å². The highest BCUT2D eigenvalue weighted by Gasteiger charge is 2.00. The number of nitrogens with zero attached hydrogens (tertiary/aromatic N) is 3. The van der Waals surface area contributed by atoms with Gasteiger partial charge in [-0.2, -0.15) is 5.26 Å². The summed E-state index contributed by atoms with van der Waals surface area (Å²) in [6.07, 6.45) is 1.76. The fraction of sp³-hybridized carbons (Fsp3) is 0.200. The van der Waals surface area contributed by atoms with Crippen molar-refractivity contribution < 1.29 is 0 Å². The molecule has 1 aromatic heterocycles. The fourth-order valence-electron chi connectivity index (χ4n) is 0.487. The van der Waals surface area contributed by atoms with Gasteiger partial charge >= 0.3 is 0 Å². The lowest BCUT2D eigenvalue weighted by molar-refractivity contribution is 0.807. The van der Waals surface area contributed by atoms with E-state index in [1.54, 1.807) is 12.3 Å². The third-order valence-electron chi connectivity index (χ3n) is 0.976. The maximum absolute atomic E-state index is 10.8. The van der Waals surface area contributed by atoms with Crippen LogP contribution in [0.3, 0.4) is 0 Å². The van der Waals surface area contributed by atoms with Crippen LogP contribution in [0.2, 0.25) is 0 Å². The van der Waals surface area contributed by atoms with Gasteiger partial charge in [0, 0.05) is 0 Å². The first-order valence-corrected chi connectivity index (χ1v) is 3.91. The summed E-state index contributed by atoms with van der Waals surface area (Å²) in [5.74, 6) is 0.